The van der Waals surface area contributed by atoms with Gasteiger partial charge in [-0.05, 0) is 18.2 Å². The second-order valence-corrected chi connectivity index (χ2v) is 3.13. The van der Waals surface area contributed by atoms with Gasteiger partial charge in [0.2, 0.25) is 0 Å². The number of phenolic OH excluding ortho intramolecular Hbond substituents is 1. The number of aromatic hydroxyl groups is 1. The molecule has 0 aliphatic heterocycles. The maximum atomic E-state index is 9.13. The standard InChI is InChI=1S/C9H6BrClO/c10-3-1-2-7-4-8(11)6-9(12)5-7/h4-6,12H,3H2. The fourth-order valence-corrected chi connectivity index (χ4v) is 1.15. The van der Waals surface area contributed by atoms with E-state index in [1.807, 2.05) is 0 Å². The molecule has 1 rings (SSSR count). The van der Waals surface area contributed by atoms with Gasteiger partial charge in [-0.15, -0.1) is 0 Å². The minimum Gasteiger partial charge on any atom is -0.508 e. The van der Waals surface area contributed by atoms with E-state index in [0.29, 0.717) is 10.4 Å². The van der Waals surface area contributed by atoms with Crippen LogP contribution in [-0.2, 0) is 0 Å². The summed E-state index contributed by atoms with van der Waals surface area (Å²) in [7, 11) is 0. The SMILES string of the molecule is Oc1cc(Cl)cc(C#CCBr)c1. The Morgan fingerprint density at radius 2 is 2.17 bits per heavy atom. The fraction of sp³-hybridized carbons (Fsp3) is 0.111. The Balaban J connectivity index is 3.01. The van der Waals surface area contributed by atoms with E-state index >= 15 is 0 Å². The summed E-state index contributed by atoms with van der Waals surface area (Å²) in [5.74, 6) is 5.79. The lowest BCUT2D eigenvalue weighted by molar-refractivity contribution is 0.475. The molecule has 0 aliphatic carbocycles. The summed E-state index contributed by atoms with van der Waals surface area (Å²) in [6.45, 7) is 0. The van der Waals surface area contributed by atoms with Gasteiger partial charge in [0.1, 0.15) is 5.75 Å². The van der Waals surface area contributed by atoms with Crippen LogP contribution in [0, 0.1) is 11.8 Å². The smallest absolute Gasteiger partial charge is 0.118 e. The van der Waals surface area contributed by atoms with Gasteiger partial charge in [0.05, 0.1) is 5.33 Å². The Bertz CT molecular complexity index is 318. The van der Waals surface area contributed by atoms with E-state index in [2.05, 4.69) is 27.8 Å². The van der Waals surface area contributed by atoms with E-state index in [4.69, 9.17) is 16.7 Å². The Hall–Kier alpha value is -0.650. The third kappa shape index (κ3) is 2.77. The summed E-state index contributed by atoms with van der Waals surface area (Å²) in [5.41, 5.74) is 0.722. The maximum absolute atomic E-state index is 9.13. The van der Waals surface area contributed by atoms with Crippen LogP contribution in [0.15, 0.2) is 18.2 Å². The first-order chi connectivity index (χ1) is 5.72. The Morgan fingerprint density at radius 1 is 1.42 bits per heavy atom. The minimum atomic E-state index is 0.140. The number of rotatable bonds is 0. The zero-order valence-electron chi connectivity index (χ0n) is 6.14. The van der Waals surface area contributed by atoms with Gasteiger partial charge in [-0.25, -0.2) is 0 Å². The summed E-state index contributed by atoms with van der Waals surface area (Å²) in [6, 6.07) is 4.75. The molecule has 0 aromatic heterocycles. The molecule has 0 saturated heterocycles. The zero-order valence-corrected chi connectivity index (χ0v) is 8.48. The lowest BCUT2D eigenvalue weighted by Gasteiger charge is -1.94. The van der Waals surface area contributed by atoms with Crippen molar-refractivity contribution < 1.29 is 5.11 Å². The van der Waals surface area contributed by atoms with Gasteiger partial charge in [0.25, 0.3) is 0 Å². The molecular weight excluding hydrogens is 239 g/mol. The molecule has 12 heavy (non-hydrogen) atoms. The van der Waals surface area contributed by atoms with Gasteiger partial charge in [-0.1, -0.05) is 39.4 Å². The summed E-state index contributed by atoms with van der Waals surface area (Å²) < 4.78 is 0. The van der Waals surface area contributed by atoms with Crippen molar-refractivity contribution in [1.29, 1.82) is 0 Å². The first-order valence-corrected chi connectivity index (χ1v) is 4.76. The highest BCUT2D eigenvalue weighted by Crippen LogP contribution is 2.18. The molecule has 0 spiro atoms. The van der Waals surface area contributed by atoms with Crippen LogP contribution in [0.25, 0.3) is 0 Å². The van der Waals surface area contributed by atoms with Crippen LogP contribution in [0.2, 0.25) is 5.02 Å². The summed E-state index contributed by atoms with van der Waals surface area (Å²) in [5, 5.41) is 10.2. The summed E-state index contributed by atoms with van der Waals surface area (Å²) >= 11 is 8.86. The molecule has 0 radical (unpaired) electrons. The van der Waals surface area contributed by atoms with E-state index < -0.39 is 0 Å². The van der Waals surface area contributed by atoms with Crippen molar-refractivity contribution >= 4 is 27.5 Å². The molecule has 0 heterocycles. The minimum absolute atomic E-state index is 0.140. The molecule has 0 unspecified atom stereocenters. The van der Waals surface area contributed by atoms with Crippen LogP contribution in [0.3, 0.4) is 0 Å². The predicted octanol–water partition coefficient (Wildman–Crippen LogP) is 2.79. The predicted molar refractivity (Wildman–Crippen MR) is 53.8 cm³/mol. The van der Waals surface area contributed by atoms with Crippen molar-refractivity contribution in [2.75, 3.05) is 5.33 Å². The van der Waals surface area contributed by atoms with Crippen molar-refractivity contribution in [3.63, 3.8) is 0 Å². The van der Waals surface area contributed by atoms with Gasteiger partial charge in [0.15, 0.2) is 0 Å². The van der Waals surface area contributed by atoms with Gasteiger partial charge in [-0.3, -0.25) is 0 Å². The number of halogens is 2. The van der Waals surface area contributed by atoms with Crippen LogP contribution < -0.4 is 0 Å². The molecule has 3 heteroatoms. The number of alkyl halides is 1. The van der Waals surface area contributed by atoms with Crippen LogP contribution >= 0.6 is 27.5 Å². The zero-order chi connectivity index (χ0) is 8.97. The van der Waals surface area contributed by atoms with E-state index in [1.165, 1.54) is 6.07 Å². The van der Waals surface area contributed by atoms with Crippen molar-refractivity contribution in [1.82, 2.24) is 0 Å². The molecule has 0 amide bonds. The highest BCUT2D eigenvalue weighted by atomic mass is 79.9. The Labute approximate surface area is 84.5 Å². The first kappa shape index (κ1) is 9.44. The van der Waals surface area contributed by atoms with Crippen LogP contribution in [-0.4, -0.2) is 10.4 Å². The Morgan fingerprint density at radius 3 is 2.75 bits per heavy atom. The molecule has 0 atom stereocenters. The topological polar surface area (TPSA) is 20.2 Å². The number of hydrogen-bond donors (Lipinski definition) is 1. The van der Waals surface area contributed by atoms with E-state index in [-0.39, 0.29) is 5.75 Å². The third-order valence-corrected chi connectivity index (χ3v) is 1.68. The van der Waals surface area contributed by atoms with Crippen LogP contribution in [0.1, 0.15) is 5.56 Å². The lowest BCUT2D eigenvalue weighted by Crippen LogP contribution is -1.74. The summed E-state index contributed by atoms with van der Waals surface area (Å²) in [4.78, 5) is 0. The van der Waals surface area contributed by atoms with E-state index in [9.17, 15) is 0 Å². The molecule has 1 aromatic carbocycles. The molecule has 0 bridgehead atoms. The average Bonchev–Trinajstić information content (AvgIpc) is 1.99. The quantitative estimate of drug-likeness (QED) is 0.550. The molecular formula is C9H6BrClO. The largest absolute Gasteiger partial charge is 0.508 e. The van der Waals surface area contributed by atoms with Crippen LogP contribution in [0.4, 0.5) is 0 Å². The maximum Gasteiger partial charge on any atom is 0.118 e. The molecule has 1 nitrogen and oxygen atoms in total. The number of hydrogen-bond acceptors (Lipinski definition) is 1. The first-order valence-electron chi connectivity index (χ1n) is 3.27. The van der Waals surface area contributed by atoms with Gasteiger partial charge in [-0.2, -0.15) is 0 Å². The highest BCUT2D eigenvalue weighted by molar-refractivity contribution is 9.09. The number of phenols is 1. The van der Waals surface area contributed by atoms with Crippen LogP contribution in [0.5, 0.6) is 5.75 Å². The van der Waals surface area contributed by atoms with Crippen molar-refractivity contribution in [2.45, 2.75) is 0 Å². The fourth-order valence-electron chi connectivity index (χ4n) is 0.782. The monoisotopic (exact) mass is 244 g/mol. The molecule has 1 aromatic rings. The molecule has 0 saturated carbocycles. The molecule has 0 aliphatic rings. The van der Waals surface area contributed by atoms with Gasteiger partial charge < -0.3 is 5.11 Å². The Kier molecular flexibility index (Phi) is 3.46. The second kappa shape index (κ2) is 4.39. The van der Waals surface area contributed by atoms with Gasteiger partial charge >= 0.3 is 0 Å². The molecule has 62 valence electrons. The summed E-state index contributed by atoms with van der Waals surface area (Å²) in [6.07, 6.45) is 0. The lowest BCUT2D eigenvalue weighted by atomic mass is 10.2. The molecule has 0 fully saturated rings. The number of benzene rings is 1. The van der Waals surface area contributed by atoms with Crippen molar-refractivity contribution in [2.24, 2.45) is 0 Å². The van der Waals surface area contributed by atoms with E-state index in [1.54, 1.807) is 12.1 Å². The van der Waals surface area contributed by atoms with Gasteiger partial charge in [0, 0.05) is 10.6 Å². The van der Waals surface area contributed by atoms with Crippen molar-refractivity contribution in [3.05, 3.63) is 28.8 Å². The average molecular weight is 246 g/mol. The normalized spacial score (nSPS) is 8.83. The second-order valence-electron chi connectivity index (χ2n) is 2.13. The highest BCUT2D eigenvalue weighted by Gasteiger charge is 1.94. The van der Waals surface area contributed by atoms with E-state index in [0.717, 1.165) is 5.56 Å². The van der Waals surface area contributed by atoms with Crippen molar-refractivity contribution in [3.8, 4) is 17.6 Å². The molecule has 1 N–H and O–H groups in total. The third-order valence-electron chi connectivity index (χ3n) is 1.18.